The van der Waals surface area contributed by atoms with Crippen LogP contribution in [0.5, 0.6) is 0 Å². The zero-order valence-corrected chi connectivity index (χ0v) is 9.35. The van der Waals surface area contributed by atoms with Crippen molar-refractivity contribution in [2.24, 2.45) is 0 Å². The Morgan fingerprint density at radius 1 is 0.842 bits per heavy atom. The molecule has 2 nitrogen and oxygen atoms in total. The molecule has 2 aromatic carbocycles. The minimum atomic E-state index is -1.07. The van der Waals surface area contributed by atoms with Crippen LogP contribution in [-0.2, 0) is 0 Å². The Hall–Kier alpha value is -2.37. The number of nitrogens with zero attached hydrogens (tertiary/aromatic N) is 1. The minimum Gasteiger partial charge on any atom is -0.338 e. The van der Waals surface area contributed by atoms with Crippen molar-refractivity contribution in [3.8, 4) is 11.4 Å². The van der Waals surface area contributed by atoms with Crippen molar-refractivity contribution in [1.29, 1.82) is 0 Å². The highest BCUT2D eigenvalue weighted by Crippen LogP contribution is 2.26. The number of hydrogen-bond acceptors (Lipinski definition) is 1. The number of aromatic amines is 1. The van der Waals surface area contributed by atoms with E-state index in [9.17, 15) is 17.6 Å². The first-order chi connectivity index (χ1) is 9.04. The van der Waals surface area contributed by atoms with E-state index >= 15 is 0 Å². The average Bonchev–Trinajstić information content (AvgIpc) is 2.69. The van der Waals surface area contributed by atoms with Gasteiger partial charge in [-0.25, -0.2) is 22.5 Å². The maximum atomic E-state index is 13.6. The predicted molar refractivity (Wildman–Crippen MR) is 61.4 cm³/mol. The van der Waals surface area contributed by atoms with Gasteiger partial charge in [-0.05, 0) is 18.2 Å². The van der Waals surface area contributed by atoms with Gasteiger partial charge in [0.15, 0.2) is 0 Å². The zero-order chi connectivity index (χ0) is 13.6. The summed E-state index contributed by atoms with van der Waals surface area (Å²) in [5, 5.41) is 0. The fourth-order valence-electron chi connectivity index (χ4n) is 1.87. The van der Waals surface area contributed by atoms with Gasteiger partial charge in [-0.1, -0.05) is 0 Å². The molecule has 19 heavy (non-hydrogen) atoms. The van der Waals surface area contributed by atoms with E-state index in [1.807, 2.05) is 0 Å². The Morgan fingerprint density at radius 3 is 2.21 bits per heavy atom. The molecule has 0 aliphatic heterocycles. The third-order valence-electron chi connectivity index (χ3n) is 2.69. The molecule has 0 atom stereocenters. The van der Waals surface area contributed by atoms with Gasteiger partial charge in [0.2, 0.25) is 0 Å². The molecule has 0 aliphatic rings. The van der Waals surface area contributed by atoms with Crippen LogP contribution in [0.2, 0.25) is 0 Å². The van der Waals surface area contributed by atoms with Crippen LogP contribution in [0.4, 0.5) is 17.6 Å². The van der Waals surface area contributed by atoms with Crippen LogP contribution in [-0.4, -0.2) is 9.97 Å². The van der Waals surface area contributed by atoms with Gasteiger partial charge in [-0.15, -0.1) is 0 Å². The van der Waals surface area contributed by atoms with Crippen molar-refractivity contribution in [1.82, 2.24) is 9.97 Å². The van der Waals surface area contributed by atoms with Crippen molar-refractivity contribution in [2.75, 3.05) is 0 Å². The van der Waals surface area contributed by atoms with Gasteiger partial charge in [0.05, 0.1) is 16.6 Å². The molecule has 96 valence electrons. The summed E-state index contributed by atoms with van der Waals surface area (Å²) in [6.07, 6.45) is 0. The zero-order valence-electron chi connectivity index (χ0n) is 9.35. The molecule has 3 aromatic rings. The van der Waals surface area contributed by atoms with Gasteiger partial charge >= 0.3 is 0 Å². The SMILES string of the molecule is Fc1cc(F)c(-c2nc3ccc(F)cc3[nH]2)c(F)c1. The molecule has 0 bridgehead atoms. The maximum Gasteiger partial charge on any atom is 0.144 e. The number of aromatic nitrogens is 2. The molecule has 1 heterocycles. The summed E-state index contributed by atoms with van der Waals surface area (Å²) in [6, 6.07) is 4.85. The van der Waals surface area contributed by atoms with Crippen molar-refractivity contribution in [3.05, 3.63) is 53.6 Å². The summed E-state index contributed by atoms with van der Waals surface area (Å²) in [5.74, 6) is -3.77. The topological polar surface area (TPSA) is 28.7 Å². The number of imidazole rings is 1. The minimum absolute atomic E-state index is 0.115. The first kappa shape index (κ1) is 11.7. The fourth-order valence-corrected chi connectivity index (χ4v) is 1.87. The summed E-state index contributed by atoms with van der Waals surface area (Å²) < 4.78 is 53.0. The van der Waals surface area contributed by atoms with E-state index in [0.717, 1.165) is 6.07 Å². The van der Waals surface area contributed by atoms with Crippen LogP contribution in [0.3, 0.4) is 0 Å². The smallest absolute Gasteiger partial charge is 0.144 e. The lowest BCUT2D eigenvalue weighted by atomic mass is 10.2. The molecule has 3 rings (SSSR count). The first-order valence-electron chi connectivity index (χ1n) is 5.35. The number of halogens is 4. The summed E-state index contributed by atoms with van der Waals surface area (Å²) >= 11 is 0. The first-order valence-corrected chi connectivity index (χ1v) is 5.35. The van der Waals surface area contributed by atoms with Crippen LogP contribution in [0.25, 0.3) is 22.4 Å². The highest BCUT2D eigenvalue weighted by atomic mass is 19.1. The van der Waals surface area contributed by atoms with Crippen LogP contribution in [0, 0.1) is 23.3 Å². The molecule has 0 saturated carbocycles. The van der Waals surface area contributed by atoms with Crippen LogP contribution < -0.4 is 0 Å². The van der Waals surface area contributed by atoms with Crippen LogP contribution >= 0.6 is 0 Å². The molecule has 1 N–H and O–H groups in total. The van der Waals surface area contributed by atoms with Gasteiger partial charge in [-0.2, -0.15) is 0 Å². The van der Waals surface area contributed by atoms with E-state index in [0.29, 0.717) is 23.2 Å². The highest BCUT2D eigenvalue weighted by molar-refractivity contribution is 5.79. The summed E-state index contributed by atoms with van der Waals surface area (Å²) in [6.45, 7) is 0. The lowest BCUT2D eigenvalue weighted by Gasteiger charge is -2.01. The third kappa shape index (κ3) is 1.95. The Balaban J connectivity index is 2.24. The van der Waals surface area contributed by atoms with Crippen LogP contribution in [0.1, 0.15) is 0 Å². The van der Waals surface area contributed by atoms with E-state index in [4.69, 9.17) is 0 Å². The van der Waals surface area contributed by atoms with E-state index in [1.54, 1.807) is 0 Å². The molecular weight excluding hydrogens is 260 g/mol. The largest absolute Gasteiger partial charge is 0.338 e. The molecule has 0 unspecified atom stereocenters. The monoisotopic (exact) mass is 266 g/mol. The molecule has 0 spiro atoms. The second-order valence-corrected chi connectivity index (χ2v) is 3.99. The molecular formula is C13H6F4N2. The van der Waals surface area contributed by atoms with E-state index in [1.165, 1.54) is 12.1 Å². The highest BCUT2D eigenvalue weighted by Gasteiger charge is 2.17. The van der Waals surface area contributed by atoms with Crippen LogP contribution in [0.15, 0.2) is 30.3 Å². The number of benzene rings is 2. The number of nitrogens with one attached hydrogen (secondary N) is 1. The second kappa shape index (κ2) is 4.08. The summed E-state index contributed by atoms with van der Waals surface area (Å²) in [4.78, 5) is 6.55. The Bertz CT molecular complexity index is 756. The standard InChI is InChI=1S/C13H6F4N2/c14-6-1-2-10-11(5-6)19-13(18-10)12-8(16)3-7(15)4-9(12)17/h1-5H,(H,18,19). The van der Waals surface area contributed by atoms with E-state index in [-0.39, 0.29) is 5.82 Å². The lowest BCUT2D eigenvalue weighted by molar-refractivity contribution is 0.547. The van der Waals surface area contributed by atoms with Gasteiger partial charge in [0.1, 0.15) is 29.1 Å². The van der Waals surface area contributed by atoms with E-state index in [2.05, 4.69) is 9.97 Å². The Morgan fingerprint density at radius 2 is 1.53 bits per heavy atom. The van der Waals surface area contributed by atoms with Crippen molar-refractivity contribution in [2.45, 2.75) is 0 Å². The van der Waals surface area contributed by atoms with Gasteiger partial charge in [0.25, 0.3) is 0 Å². The Kier molecular flexibility index (Phi) is 2.51. The molecule has 1 aromatic heterocycles. The number of rotatable bonds is 1. The second-order valence-electron chi connectivity index (χ2n) is 3.99. The third-order valence-corrected chi connectivity index (χ3v) is 2.69. The normalized spacial score (nSPS) is 11.2. The Labute approximate surface area is 104 Å². The number of fused-ring (bicyclic) bond motifs is 1. The van der Waals surface area contributed by atoms with Crippen molar-refractivity contribution >= 4 is 11.0 Å². The molecule has 0 fully saturated rings. The maximum absolute atomic E-state index is 13.6. The van der Waals surface area contributed by atoms with E-state index < -0.39 is 28.8 Å². The predicted octanol–water partition coefficient (Wildman–Crippen LogP) is 3.79. The van der Waals surface area contributed by atoms with Gasteiger partial charge < -0.3 is 4.98 Å². The number of hydrogen-bond donors (Lipinski definition) is 1. The number of H-pyrrole nitrogens is 1. The molecule has 0 aliphatic carbocycles. The molecule has 6 heteroatoms. The fraction of sp³-hybridized carbons (Fsp3) is 0. The molecule has 0 saturated heterocycles. The summed E-state index contributed by atoms with van der Waals surface area (Å²) in [7, 11) is 0. The quantitative estimate of drug-likeness (QED) is 0.667. The molecule has 0 radical (unpaired) electrons. The van der Waals surface area contributed by atoms with Crippen molar-refractivity contribution < 1.29 is 17.6 Å². The van der Waals surface area contributed by atoms with Gasteiger partial charge in [-0.3, -0.25) is 0 Å². The summed E-state index contributed by atoms with van der Waals surface area (Å²) in [5.41, 5.74) is 0.190. The molecule has 0 amide bonds. The average molecular weight is 266 g/mol. The lowest BCUT2D eigenvalue weighted by Crippen LogP contribution is -1.93. The van der Waals surface area contributed by atoms with Crippen molar-refractivity contribution in [3.63, 3.8) is 0 Å². The van der Waals surface area contributed by atoms with Gasteiger partial charge in [0, 0.05) is 12.1 Å².